The van der Waals surface area contributed by atoms with Gasteiger partial charge in [-0.1, -0.05) is 51.7 Å². The number of hydrogen-bond donors (Lipinski definition) is 1. The molecule has 1 N–H and O–H groups in total. The number of piperidine rings is 2. The van der Waals surface area contributed by atoms with Crippen LogP contribution in [0, 0.1) is 23.7 Å². The maximum atomic E-state index is 11.9. The molecule has 0 radical (unpaired) electrons. The Morgan fingerprint density at radius 2 is 1.57 bits per heavy atom. The van der Waals surface area contributed by atoms with Gasteiger partial charge in [0.2, 0.25) is 5.91 Å². The van der Waals surface area contributed by atoms with E-state index < -0.39 is 0 Å². The second-order valence-electron chi connectivity index (χ2n) is 13.7. The van der Waals surface area contributed by atoms with Crippen LogP contribution >= 0.6 is 0 Å². The van der Waals surface area contributed by atoms with Gasteiger partial charge in [0.15, 0.2) is 0 Å². The molecule has 2 aliphatic carbocycles. The van der Waals surface area contributed by atoms with Crippen LogP contribution in [0.15, 0.2) is 24.3 Å². The van der Waals surface area contributed by atoms with Crippen LogP contribution in [0.4, 0.5) is 0 Å². The lowest BCUT2D eigenvalue weighted by Gasteiger charge is -2.58. The predicted octanol–water partition coefficient (Wildman–Crippen LogP) is 6.27. The molecule has 3 saturated heterocycles. The summed E-state index contributed by atoms with van der Waals surface area (Å²) in [5, 5.41) is 3.20. The molecule has 2 unspecified atom stereocenters. The summed E-state index contributed by atoms with van der Waals surface area (Å²) >= 11 is 0. The number of aromatic nitrogens is 2. The van der Waals surface area contributed by atoms with Crippen LogP contribution < -0.4 is 5.32 Å². The van der Waals surface area contributed by atoms with Gasteiger partial charge in [-0.3, -0.25) is 9.69 Å². The van der Waals surface area contributed by atoms with Gasteiger partial charge in [-0.2, -0.15) is 0 Å². The lowest BCUT2D eigenvalue weighted by Crippen LogP contribution is -2.62. The lowest BCUT2D eigenvalue weighted by atomic mass is 9.68. The molecule has 0 spiro atoms. The number of para-hydroxylation sites is 2. The predicted molar refractivity (Wildman–Crippen MR) is 148 cm³/mol. The Labute approximate surface area is 222 Å². The Balaban J connectivity index is 1.21. The quantitative estimate of drug-likeness (QED) is 0.536. The normalized spacial score (nSPS) is 40.5. The number of carbonyl (C=O) groups is 1. The molecular formula is C32H46N4O. The summed E-state index contributed by atoms with van der Waals surface area (Å²) in [6.07, 6.45) is 16.6. The molecule has 5 fully saturated rings. The highest BCUT2D eigenvalue weighted by Gasteiger charge is 2.49. The molecule has 5 aliphatic rings. The highest BCUT2D eigenvalue weighted by Crippen LogP contribution is 2.50. The van der Waals surface area contributed by atoms with Gasteiger partial charge in [0.1, 0.15) is 5.82 Å². The third-order valence-corrected chi connectivity index (χ3v) is 11.2. The smallest absolute Gasteiger partial charge is 0.220 e. The van der Waals surface area contributed by atoms with E-state index in [1.165, 1.54) is 75.5 Å². The van der Waals surface area contributed by atoms with Crippen molar-refractivity contribution >= 4 is 16.9 Å². The number of amides is 1. The van der Waals surface area contributed by atoms with Gasteiger partial charge in [0.05, 0.1) is 11.0 Å². The molecule has 4 heterocycles. The first-order valence-electron chi connectivity index (χ1n) is 15.6. The van der Waals surface area contributed by atoms with E-state index in [1.807, 2.05) is 0 Å². The monoisotopic (exact) mass is 502 g/mol. The van der Waals surface area contributed by atoms with Gasteiger partial charge in [0, 0.05) is 43.1 Å². The number of imidazole rings is 1. The average Bonchev–Trinajstić information content (AvgIpc) is 3.42. The first-order valence-corrected chi connectivity index (χ1v) is 15.6. The van der Waals surface area contributed by atoms with Crippen LogP contribution in [0.2, 0.25) is 0 Å². The van der Waals surface area contributed by atoms with Crippen molar-refractivity contribution in [2.45, 2.75) is 128 Å². The van der Waals surface area contributed by atoms with Crippen LogP contribution in [-0.4, -0.2) is 44.5 Å². The zero-order valence-electron chi connectivity index (χ0n) is 22.9. The van der Waals surface area contributed by atoms with E-state index in [9.17, 15) is 4.79 Å². The van der Waals surface area contributed by atoms with Crippen LogP contribution in [-0.2, 0) is 11.2 Å². The topological polar surface area (TPSA) is 50.2 Å². The average molecular weight is 503 g/mol. The van der Waals surface area contributed by atoms with Crippen LogP contribution in [0.3, 0.4) is 0 Å². The lowest BCUT2D eigenvalue weighted by molar-refractivity contribution is -0.119. The van der Waals surface area contributed by atoms with Gasteiger partial charge < -0.3 is 9.88 Å². The highest BCUT2D eigenvalue weighted by molar-refractivity contribution is 5.79. The summed E-state index contributed by atoms with van der Waals surface area (Å²) in [5.74, 6) is 4.85. The number of rotatable bonds is 4. The van der Waals surface area contributed by atoms with Gasteiger partial charge in [-0.25, -0.2) is 4.98 Å². The minimum atomic E-state index is 0.200. The minimum absolute atomic E-state index is 0.200. The number of carbonyl (C=O) groups excluding carboxylic acids is 1. The number of nitrogens with zero attached hydrogens (tertiary/aromatic N) is 3. The SMILES string of the molecule is C[C@@H]1C[C@H](C)[C@H]2CC(n3c(C[C@@H]4CCC(=O)N4)nc4ccccc43)C[C@@H]1N2C1C[C@H]2CCCC[C@@H](C1)C2. The molecule has 2 aromatic rings. The third kappa shape index (κ3) is 4.43. The molecule has 3 aliphatic heterocycles. The second-order valence-corrected chi connectivity index (χ2v) is 13.7. The van der Waals surface area contributed by atoms with E-state index >= 15 is 0 Å². The van der Waals surface area contributed by atoms with Crippen molar-refractivity contribution in [3.8, 4) is 0 Å². The van der Waals surface area contributed by atoms with Crippen molar-refractivity contribution < 1.29 is 4.79 Å². The fourth-order valence-corrected chi connectivity index (χ4v) is 9.66. The van der Waals surface area contributed by atoms with Crippen molar-refractivity contribution in [1.82, 2.24) is 19.8 Å². The third-order valence-electron chi connectivity index (χ3n) is 11.2. The number of hydrogen-bond acceptors (Lipinski definition) is 3. The Morgan fingerprint density at radius 3 is 2.24 bits per heavy atom. The molecule has 1 aromatic carbocycles. The number of fused-ring (bicyclic) bond motifs is 5. The van der Waals surface area contributed by atoms with Gasteiger partial charge in [-0.05, 0) is 80.8 Å². The summed E-state index contributed by atoms with van der Waals surface area (Å²) in [5.41, 5.74) is 2.41. The van der Waals surface area contributed by atoms with Crippen LogP contribution in [0.5, 0.6) is 0 Å². The molecule has 1 aromatic heterocycles. The molecule has 5 nitrogen and oxygen atoms in total. The summed E-state index contributed by atoms with van der Waals surface area (Å²) in [4.78, 5) is 20.2. The van der Waals surface area contributed by atoms with Crippen LogP contribution in [0.1, 0.15) is 103 Å². The van der Waals surface area contributed by atoms with Crippen molar-refractivity contribution in [2.24, 2.45) is 23.7 Å². The van der Waals surface area contributed by atoms with Crippen molar-refractivity contribution in [3.63, 3.8) is 0 Å². The van der Waals surface area contributed by atoms with Crippen molar-refractivity contribution in [1.29, 1.82) is 0 Å². The summed E-state index contributed by atoms with van der Waals surface area (Å²) in [7, 11) is 0. The van der Waals surface area contributed by atoms with Gasteiger partial charge in [0.25, 0.3) is 0 Å². The van der Waals surface area contributed by atoms with Crippen molar-refractivity contribution in [3.05, 3.63) is 30.1 Å². The van der Waals surface area contributed by atoms with E-state index in [0.717, 1.165) is 48.1 Å². The highest BCUT2D eigenvalue weighted by atomic mass is 16.1. The zero-order valence-corrected chi connectivity index (χ0v) is 22.9. The molecule has 4 bridgehead atoms. The Kier molecular flexibility index (Phi) is 6.34. The molecule has 9 atom stereocenters. The molecule has 37 heavy (non-hydrogen) atoms. The van der Waals surface area contributed by atoms with E-state index in [1.54, 1.807) is 0 Å². The number of nitrogens with one attached hydrogen (secondary N) is 1. The van der Waals surface area contributed by atoms with Crippen molar-refractivity contribution in [2.75, 3.05) is 0 Å². The van der Waals surface area contributed by atoms with E-state index in [-0.39, 0.29) is 11.9 Å². The fourth-order valence-electron chi connectivity index (χ4n) is 9.66. The van der Waals surface area contributed by atoms with E-state index in [4.69, 9.17) is 4.98 Å². The van der Waals surface area contributed by atoms with E-state index in [2.05, 4.69) is 52.9 Å². The summed E-state index contributed by atoms with van der Waals surface area (Å²) in [6.45, 7) is 5.09. The molecule has 5 heteroatoms. The van der Waals surface area contributed by atoms with Gasteiger partial charge >= 0.3 is 0 Å². The zero-order chi connectivity index (χ0) is 25.1. The standard InChI is InChI=1S/C32H46N4O/c1-20-13-21(2)30-19-26(18-29(20)35(30)25-15-22-7-3-4-8-23(14-22)16-25)36-28-10-6-5-9-27(28)34-31(36)17-24-11-12-32(37)33-24/h5-6,9-10,20-26,29-30H,3-4,7-8,11-19H2,1-2H3,(H,33,37)/t20-,21+,22-,23+,24-,25?,26?,29+,30-/m0/s1. The minimum Gasteiger partial charge on any atom is -0.353 e. The van der Waals surface area contributed by atoms with E-state index in [0.29, 0.717) is 24.5 Å². The molecule has 1 amide bonds. The first kappa shape index (κ1) is 24.2. The molecule has 7 rings (SSSR count). The Hall–Kier alpha value is -1.88. The molecule has 2 saturated carbocycles. The molecular weight excluding hydrogens is 456 g/mol. The maximum Gasteiger partial charge on any atom is 0.220 e. The van der Waals surface area contributed by atoms with Gasteiger partial charge in [-0.15, -0.1) is 0 Å². The maximum absolute atomic E-state index is 11.9. The Bertz CT molecular complexity index is 1110. The first-order chi connectivity index (χ1) is 18.0. The second kappa shape index (κ2) is 9.70. The fraction of sp³-hybridized carbons (Fsp3) is 0.750. The summed E-state index contributed by atoms with van der Waals surface area (Å²) in [6, 6.07) is 11.6. The number of benzene rings is 1. The largest absolute Gasteiger partial charge is 0.353 e. The Morgan fingerprint density at radius 1 is 0.865 bits per heavy atom. The summed E-state index contributed by atoms with van der Waals surface area (Å²) < 4.78 is 2.63. The van der Waals surface area contributed by atoms with Crippen LogP contribution in [0.25, 0.3) is 11.0 Å². The molecule has 200 valence electrons.